The largest absolute Gasteiger partial charge is 0.493 e. The number of methoxy groups -OCH3 is 1. The molecule has 0 radical (unpaired) electrons. The zero-order valence-corrected chi connectivity index (χ0v) is 16.4. The van der Waals surface area contributed by atoms with Gasteiger partial charge in [0, 0.05) is 32.0 Å². The second-order valence-electron chi connectivity index (χ2n) is 7.72. The van der Waals surface area contributed by atoms with E-state index in [1.54, 1.807) is 7.11 Å². The second kappa shape index (κ2) is 8.65. The van der Waals surface area contributed by atoms with Crippen LogP contribution >= 0.6 is 0 Å². The van der Waals surface area contributed by atoms with Crippen molar-refractivity contribution < 1.29 is 14.3 Å². The van der Waals surface area contributed by atoms with Gasteiger partial charge in [-0.1, -0.05) is 36.4 Å². The number of carbonyl (C=O) groups excluding carboxylic acids is 1. The Morgan fingerprint density at radius 2 is 1.89 bits per heavy atom. The van der Waals surface area contributed by atoms with E-state index in [0.717, 1.165) is 49.5 Å². The van der Waals surface area contributed by atoms with Gasteiger partial charge in [-0.25, -0.2) is 0 Å². The minimum absolute atomic E-state index is 0.133. The van der Waals surface area contributed by atoms with Crippen molar-refractivity contribution in [3.8, 4) is 11.5 Å². The Morgan fingerprint density at radius 1 is 1.14 bits per heavy atom. The van der Waals surface area contributed by atoms with Gasteiger partial charge in [-0.2, -0.15) is 0 Å². The Balaban J connectivity index is 1.16. The standard InChI is InChI=1S/C23H28N2O3/c1-27-21-9-4-8-18-12-17(16-28-23(18)21)13-24-22(26)10-5-11-25-14-19-6-2-3-7-20(19)15-25/h2-4,6-9,17H,5,10-16H2,1H3,(H,24,26)/t17-/m1/s1. The summed E-state index contributed by atoms with van der Waals surface area (Å²) in [7, 11) is 1.66. The van der Waals surface area contributed by atoms with Gasteiger partial charge < -0.3 is 14.8 Å². The van der Waals surface area contributed by atoms with Crippen LogP contribution in [-0.4, -0.2) is 37.6 Å². The lowest BCUT2D eigenvalue weighted by Crippen LogP contribution is -2.35. The number of carbonyl (C=O) groups is 1. The maximum absolute atomic E-state index is 12.2. The topological polar surface area (TPSA) is 50.8 Å². The van der Waals surface area contributed by atoms with Gasteiger partial charge in [-0.3, -0.25) is 9.69 Å². The fourth-order valence-corrected chi connectivity index (χ4v) is 4.12. The van der Waals surface area contributed by atoms with E-state index in [1.807, 2.05) is 12.1 Å². The molecule has 0 fully saturated rings. The molecule has 1 atom stereocenters. The summed E-state index contributed by atoms with van der Waals surface area (Å²) in [6, 6.07) is 14.6. The molecule has 0 unspecified atom stereocenters. The van der Waals surface area contributed by atoms with Gasteiger partial charge in [0.2, 0.25) is 5.91 Å². The third-order valence-electron chi connectivity index (χ3n) is 5.62. The highest BCUT2D eigenvalue weighted by Gasteiger charge is 2.23. The Labute approximate surface area is 166 Å². The number of fused-ring (bicyclic) bond motifs is 2. The fourth-order valence-electron chi connectivity index (χ4n) is 4.12. The highest BCUT2D eigenvalue weighted by molar-refractivity contribution is 5.75. The van der Waals surface area contributed by atoms with Gasteiger partial charge in [0.1, 0.15) is 0 Å². The number of hydrogen-bond acceptors (Lipinski definition) is 4. The van der Waals surface area contributed by atoms with Crippen LogP contribution < -0.4 is 14.8 Å². The predicted molar refractivity (Wildman–Crippen MR) is 108 cm³/mol. The Bertz CT molecular complexity index is 811. The van der Waals surface area contributed by atoms with Crippen LogP contribution in [-0.2, 0) is 24.3 Å². The number of para-hydroxylation sites is 1. The molecule has 148 valence electrons. The summed E-state index contributed by atoms with van der Waals surface area (Å²) >= 11 is 0. The third-order valence-corrected chi connectivity index (χ3v) is 5.62. The minimum Gasteiger partial charge on any atom is -0.493 e. The molecule has 1 N–H and O–H groups in total. The van der Waals surface area contributed by atoms with Crippen LogP contribution in [0.1, 0.15) is 29.5 Å². The van der Waals surface area contributed by atoms with Crippen molar-refractivity contribution in [2.24, 2.45) is 5.92 Å². The number of hydrogen-bond donors (Lipinski definition) is 1. The third kappa shape index (κ3) is 4.30. The first-order valence-corrected chi connectivity index (χ1v) is 10.1. The molecule has 2 aliphatic rings. The van der Waals surface area contributed by atoms with E-state index in [2.05, 4.69) is 40.5 Å². The van der Waals surface area contributed by atoms with Gasteiger partial charge in [0.25, 0.3) is 0 Å². The van der Waals surface area contributed by atoms with Crippen molar-refractivity contribution in [3.05, 3.63) is 59.2 Å². The fraction of sp³-hybridized carbons (Fsp3) is 0.435. The maximum atomic E-state index is 12.2. The van der Waals surface area contributed by atoms with Gasteiger partial charge in [0.15, 0.2) is 11.5 Å². The van der Waals surface area contributed by atoms with Crippen molar-refractivity contribution >= 4 is 5.91 Å². The van der Waals surface area contributed by atoms with Gasteiger partial charge in [-0.15, -0.1) is 0 Å². The summed E-state index contributed by atoms with van der Waals surface area (Å²) in [5, 5.41) is 3.09. The summed E-state index contributed by atoms with van der Waals surface area (Å²) in [6.45, 7) is 4.23. The van der Waals surface area contributed by atoms with Crippen LogP contribution in [0.5, 0.6) is 11.5 Å². The SMILES string of the molecule is COc1cccc2c1OC[C@@H](CNC(=O)CCCN1Cc3ccccc3C1)C2. The molecule has 5 nitrogen and oxygen atoms in total. The first kappa shape index (κ1) is 18.8. The molecule has 0 saturated heterocycles. The van der Waals surface area contributed by atoms with Crippen molar-refractivity contribution in [2.45, 2.75) is 32.4 Å². The van der Waals surface area contributed by atoms with Gasteiger partial charge in [-0.05, 0) is 42.1 Å². The molecule has 2 aromatic carbocycles. The molecule has 2 aromatic rings. The average molecular weight is 380 g/mol. The van der Waals surface area contributed by atoms with E-state index in [-0.39, 0.29) is 5.91 Å². The summed E-state index contributed by atoms with van der Waals surface area (Å²) < 4.78 is 11.2. The van der Waals surface area contributed by atoms with E-state index < -0.39 is 0 Å². The van der Waals surface area contributed by atoms with Crippen LogP contribution in [0.25, 0.3) is 0 Å². The highest BCUT2D eigenvalue weighted by atomic mass is 16.5. The molecule has 4 rings (SSSR count). The molecule has 0 aliphatic carbocycles. The van der Waals surface area contributed by atoms with E-state index in [9.17, 15) is 4.79 Å². The number of amides is 1. The highest BCUT2D eigenvalue weighted by Crippen LogP contribution is 2.35. The van der Waals surface area contributed by atoms with Crippen molar-refractivity contribution in [2.75, 3.05) is 26.8 Å². The molecular weight excluding hydrogens is 352 g/mol. The number of nitrogens with one attached hydrogen (secondary N) is 1. The van der Waals surface area contributed by atoms with Gasteiger partial charge >= 0.3 is 0 Å². The number of benzene rings is 2. The first-order chi connectivity index (χ1) is 13.7. The molecule has 0 saturated carbocycles. The Morgan fingerprint density at radius 3 is 2.64 bits per heavy atom. The summed E-state index contributed by atoms with van der Waals surface area (Å²) in [4.78, 5) is 14.6. The molecule has 0 spiro atoms. The van der Waals surface area contributed by atoms with Crippen LogP contribution in [0, 0.1) is 5.92 Å². The quantitative estimate of drug-likeness (QED) is 0.802. The normalized spacial score (nSPS) is 18.1. The molecular formula is C23H28N2O3. The maximum Gasteiger partial charge on any atom is 0.220 e. The van der Waals surface area contributed by atoms with Crippen LogP contribution in [0.4, 0.5) is 0 Å². The molecule has 0 bridgehead atoms. The molecule has 0 aromatic heterocycles. The van der Waals surface area contributed by atoms with E-state index in [0.29, 0.717) is 25.5 Å². The lowest BCUT2D eigenvalue weighted by molar-refractivity contribution is -0.121. The minimum atomic E-state index is 0.133. The number of nitrogens with zero attached hydrogens (tertiary/aromatic N) is 1. The van der Waals surface area contributed by atoms with E-state index in [4.69, 9.17) is 9.47 Å². The lowest BCUT2D eigenvalue weighted by Gasteiger charge is -2.26. The molecule has 2 aliphatic heterocycles. The van der Waals surface area contributed by atoms with Crippen molar-refractivity contribution in [3.63, 3.8) is 0 Å². The predicted octanol–water partition coefficient (Wildman–Crippen LogP) is 3.16. The van der Waals surface area contributed by atoms with Crippen molar-refractivity contribution in [1.82, 2.24) is 10.2 Å². The molecule has 5 heteroatoms. The summed E-state index contributed by atoms with van der Waals surface area (Å²) in [5.41, 5.74) is 3.99. The first-order valence-electron chi connectivity index (χ1n) is 10.1. The average Bonchev–Trinajstić information content (AvgIpc) is 3.14. The Hall–Kier alpha value is -2.53. The molecule has 28 heavy (non-hydrogen) atoms. The smallest absolute Gasteiger partial charge is 0.220 e. The number of ether oxygens (including phenoxy) is 2. The lowest BCUT2D eigenvalue weighted by atomic mass is 9.96. The van der Waals surface area contributed by atoms with Crippen molar-refractivity contribution in [1.29, 1.82) is 0 Å². The van der Waals surface area contributed by atoms with E-state index >= 15 is 0 Å². The van der Waals surface area contributed by atoms with Crippen LogP contribution in [0.2, 0.25) is 0 Å². The zero-order valence-electron chi connectivity index (χ0n) is 16.4. The van der Waals surface area contributed by atoms with Crippen LogP contribution in [0.15, 0.2) is 42.5 Å². The summed E-state index contributed by atoms with van der Waals surface area (Å²) in [6.07, 6.45) is 2.37. The molecule has 2 heterocycles. The van der Waals surface area contributed by atoms with Gasteiger partial charge in [0.05, 0.1) is 13.7 Å². The summed E-state index contributed by atoms with van der Waals surface area (Å²) in [5.74, 6) is 2.06. The Kier molecular flexibility index (Phi) is 5.81. The number of rotatable bonds is 7. The zero-order chi connectivity index (χ0) is 19.3. The molecule has 1 amide bonds. The second-order valence-corrected chi connectivity index (χ2v) is 7.72. The van der Waals surface area contributed by atoms with Crippen LogP contribution in [0.3, 0.4) is 0 Å². The monoisotopic (exact) mass is 380 g/mol. The van der Waals surface area contributed by atoms with E-state index in [1.165, 1.54) is 11.1 Å².